The Bertz CT molecular complexity index is 368. The van der Waals surface area contributed by atoms with Crippen molar-refractivity contribution in [3.8, 4) is 0 Å². The van der Waals surface area contributed by atoms with Crippen molar-refractivity contribution < 1.29 is 5.11 Å². The molecule has 19 heavy (non-hydrogen) atoms. The summed E-state index contributed by atoms with van der Waals surface area (Å²) in [4.78, 5) is 6.90. The van der Waals surface area contributed by atoms with E-state index in [-0.39, 0.29) is 12.1 Å². The molecule has 0 saturated carbocycles. The Kier molecular flexibility index (Phi) is 7.03. The highest BCUT2D eigenvalue weighted by Crippen LogP contribution is 2.16. The maximum absolute atomic E-state index is 10.3. The van der Waals surface area contributed by atoms with Gasteiger partial charge in [-0.05, 0) is 38.4 Å². The lowest BCUT2D eigenvalue weighted by molar-refractivity contribution is 0.0384. The van der Waals surface area contributed by atoms with E-state index >= 15 is 0 Å². The molecule has 0 aliphatic rings. The van der Waals surface area contributed by atoms with E-state index in [0.29, 0.717) is 0 Å². The predicted octanol–water partition coefficient (Wildman–Crippen LogP) is 3.15. The van der Waals surface area contributed by atoms with Crippen LogP contribution in [0.3, 0.4) is 0 Å². The van der Waals surface area contributed by atoms with Crippen LogP contribution in [0.1, 0.15) is 51.4 Å². The molecule has 0 amide bonds. The molecule has 0 saturated heterocycles. The van der Waals surface area contributed by atoms with Crippen LogP contribution in [0.25, 0.3) is 0 Å². The highest BCUT2D eigenvalue weighted by molar-refractivity contribution is 5.10. The fourth-order valence-corrected chi connectivity index (χ4v) is 2.62. The fourth-order valence-electron chi connectivity index (χ4n) is 2.62. The lowest BCUT2D eigenvalue weighted by Crippen LogP contribution is -2.42. The number of aliphatic hydroxyl groups excluding tert-OH is 1. The zero-order valence-electron chi connectivity index (χ0n) is 12.8. The van der Waals surface area contributed by atoms with Gasteiger partial charge in [0.15, 0.2) is 0 Å². The topological polar surface area (TPSA) is 36.4 Å². The first-order chi connectivity index (χ1) is 9.12. The smallest absolute Gasteiger partial charge is 0.0695 e. The lowest BCUT2D eigenvalue weighted by atomic mass is 10.0. The standard InChI is InChI=1S/C16H28N2O/c1-5-9-16(19)15(6-2)18(7-3)12-14-11-8-10-13(4)17-14/h8,10-11,15-16,19H,5-7,9,12H2,1-4H3. The monoisotopic (exact) mass is 264 g/mol. The van der Waals surface area contributed by atoms with E-state index in [9.17, 15) is 5.11 Å². The molecule has 1 N–H and O–H groups in total. The van der Waals surface area contributed by atoms with Crippen LogP contribution in [-0.2, 0) is 6.54 Å². The summed E-state index contributed by atoms with van der Waals surface area (Å²) >= 11 is 0. The molecule has 0 aromatic carbocycles. The van der Waals surface area contributed by atoms with Crippen LogP contribution < -0.4 is 0 Å². The van der Waals surface area contributed by atoms with Gasteiger partial charge in [-0.15, -0.1) is 0 Å². The third-order valence-corrected chi connectivity index (χ3v) is 3.63. The van der Waals surface area contributed by atoms with Gasteiger partial charge >= 0.3 is 0 Å². The van der Waals surface area contributed by atoms with Crippen molar-refractivity contribution in [2.24, 2.45) is 0 Å². The van der Waals surface area contributed by atoms with Crippen LogP contribution in [0.2, 0.25) is 0 Å². The van der Waals surface area contributed by atoms with Crippen LogP contribution in [0, 0.1) is 6.92 Å². The molecule has 1 aromatic heterocycles. The number of hydrogen-bond acceptors (Lipinski definition) is 3. The zero-order valence-corrected chi connectivity index (χ0v) is 12.8. The van der Waals surface area contributed by atoms with Gasteiger partial charge in [-0.2, -0.15) is 0 Å². The molecule has 1 rings (SSSR count). The summed E-state index contributed by atoms with van der Waals surface area (Å²) in [5.41, 5.74) is 2.14. The van der Waals surface area contributed by atoms with Crippen LogP contribution in [-0.4, -0.2) is 33.7 Å². The Labute approximate surface area is 117 Å². The molecule has 2 unspecified atom stereocenters. The van der Waals surface area contributed by atoms with Crippen molar-refractivity contribution in [2.45, 2.75) is 65.6 Å². The second-order valence-corrected chi connectivity index (χ2v) is 5.17. The zero-order chi connectivity index (χ0) is 14.3. The predicted molar refractivity (Wildman–Crippen MR) is 80.1 cm³/mol. The summed E-state index contributed by atoms with van der Waals surface area (Å²) in [7, 11) is 0. The van der Waals surface area contributed by atoms with Crippen molar-refractivity contribution in [1.29, 1.82) is 0 Å². The molecular weight excluding hydrogens is 236 g/mol. The Morgan fingerprint density at radius 2 is 2.00 bits per heavy atom. The first-order valence-electron chi connectivity index (χ1n) is 7.46. The van der Waals surface area contributed by atoms with Crippen LogP contribution in [0.5, 0.6) is 0 Å². The third-order valence-electron chi connectivity index (χ3n) is 3.63. The third kappa shape index (κ3) is 4.92. The van der Waals surface area contributed by atoms with Gasteiger partial charge in [0.05, 0.1) is 11.8 Å². The number of aromatic nitrogens is 1. The summed E-state index contributed by atoms with van der Waals surface area (Å²) in [6, 6.07) is 6.36. The van der Waals surface area contributed by atoms with Crippen molar-refractivity contribution in [2.75, 3.05) is 6.54 Å². The Morgan fingerprint density at radius 1 is 1.26 bits per heavy atom. The summed E-state index contributed by atoms with van der Waals surface area (Å²) in [6.45, 7) is 10.2. The van der Waals surface area contributed by atoms with E-state index in [2.05, 4.69) is 42.8 Å². The number of hydrogen-bond donors (Lipinski definition) is 1. The second kappa shape index (κ2) is 8.28. The minimum absolute atomic E-state index is 0.229. The summed E-state index contributed by atoms with van der Waals surface area (Å²) < 4.78 is 0. The Balaban J connectivity index is 2.75. The first kappa shape index (κ1) is 16.1. The molecule has 0 fully saturated rings. The fraction of sp³-hybridized carbons (Fsp3) is 0.688. The molecule has 3 heteroatoms. The van der Waals surface area contributed by atoms with E-state index in [4.69, 9.17) is 0 Å². The van der Waals surface area contributed by atoms with Crippen molar-refractivity contribution >= 4 is 0 Å². The normalized spacial score (nSPS) is 14.6. The highest BCUT2D eigenvalue weighted by Gasteiger charge is 2.23. The summed E-state index contributed by atoms with van der Waals surface area (Å²) in [5, 5.41) is 10.3. The van der Waals surface area contributed by atoms with Gasteiger partial charge in [0.1, 0.15) is 0 Å². The van der Waals surface area contributed by atoms with Gasteiger partial charge in [-0.1, -0.05) is 33.3 Å². The SMILES string of the molecule is CCCC(O)C(CC)N(CC)Cc1cccc(C)n1. The average Bonchev–Trinajstić information content (AvgIpc) is 2.38. The van der Waals surface area contributed by atoms with Crippen molar-refractivity contribution in [1.82, 2.24) is 9.88 Å². The number of aliphatic hydroxyl groups is 1. The molecule has 0 spiro atoms. The second-order valence-electron chi connectivity index (χ2n) is 5.17. The quantitative estimate of drug-likeness (QED) is 0.783. The highest BCUT2D eigenvalue weighted by atomic mass is 16.3. The molecule has 1 aromatic rings. The average molecular weight is 264 g/mol. The maximum Gasteiger partial charge on any atom is 0.0695 e. The molecule has 108 valence electrons. The Hall–Kier alpha value is -0.930. The maximum atomic E-state index is 10.3. The lowest BCUT2D eigenvalue weighted by Gasteiger charge is -2.33. The number of pyridine rings is 1. The molecule has 0 bridgehead atoms. The van der Waals surface area contributed by atoms with Crippen molar-refractivity contribution in [3.63, 3.8) is 0 Å². The van der Waals surface area contributed by atoms with Crippen LogP contribution >= 0.6 is 0 Å². The van der Waals surface area contributed by atoms with Crippen LogP contribution in [0.15, 0.2) is 18.2 Å². The molecule has 2 atom stereocenters. The Morgan fingerprint density at radius 3 is 2.53 bits per heavy atom. The van der Waals surface area contributed by atoms with Gasteiger partial charge in [-0.3, -0.25) is 9.88 Å². The van der Waals surface area contributed by atoms with Gasteiger partial charge in [0.25, 0.3) is 0 Å². The van der Waals surface area contributed by atoms with Gasteiger partial charge in [0.2, 0.25) is 0 Å². The molecule has 0 aliphatic heterocycles. The molecular formula is C16H28N2O. The largest absolute Gasteiger partial charge is 0.391 e. The van der Waals surface area contributed by atoms with Gasteiger partial charge in [-0.25, -0.2) is 0 Å². The molecule has 3 nitrogen and oxygen atoms in total. The first-order valence-corrected chi connectivity index (χ1v) is 7.46. The number of likely N-dealkylation sites (N-methyl/N-ethyl adjacent to an activating group) is 1. The van der Waals surface area contributed by atoms with E-state index in [1.54, 1.807) is 0 Å². The summed E-state index contributed by atoms with van der Waals surface area (Å²) in [5.74, 6) is 0. The number of nitrogens with zero attached hydrogens (tertiary/aromatic N) is 2. The molecule has 1 heterocycles. The van der Waals surface area contributed by atoms with E-state index in [1.807, 2.05) is 13.0 Å². The minimum atomic E-state index is -0.236. The van der Waals surface area contributed by atoms with E-state index < -0.39 is 0 Å². The van der Waals surface area contributed by atoms with Gasteiger partial charge < -0.3 is 5.11 Å². The summed E-state index contributed by atoms with van der Waals surface area (Å²) in [6.07, 6.45) is 2.63. The number of aryl methyl sites for hydroxylation is 1. The van der Waals surface area contributed by atoms with Crippen molar-refractivity contribution in [3.05, 3.63) is 29.6 Å². The minimum Gasteiger partial charge on any atom is -0.391 e. The van der Waals surface area contributed by atoms with E-state index in [0.717, 1.165) is 43.7 Å². The molecule has 0 aliphatic carbocycles. The number of rotatable bonds is 8. The molecule has 0 radical (unpaired) electrons. The van der Waals surface area contributed by atoms with Gasteiger partial charge in [0, 0.05) is 18.3 Å². The van der Waals surface area contributed by atoms with Crippen LogP contribution in [0.4, 0.5) is 0 Å². The van der Waals surface area contributed by atoms with E-state index in [1.165, 1.54) is 0 Å².